The molecule has 0 bridgehead atoms. The van der Waals surface area contributed by atoms with E-state index >= 15 is 0 Å². The highest BCUT2D eigenvalue weighted by atomic mass is 35.5. The van der Waals surface area contributed by atoms with Gasteiger partial charge in [-0.15, -0.1) is 12.4 Å². The number of nitrogens with one attached hydrogen (secondary N) is 2. The molecule has 1 amide bonds. The summed E-state index contributed by atoms with van der Waals surface area (Å²) in [5.41, 5.74) is 3.13. The molecule has 3 aromatic heterocycles. The third kappa shape index (κ3) is 4.28. The maximum absolute atomic E-state index is 12.7. The second kappa shape index (κ2) is 9.11. The van der Waals surface area contributed by atoms with Gasteiger partial charge < -0.3 is 24.7 Å². The normalized spacial score (nSPS) is 13.8. The Balaban J connectivity index is 0.00000240. The first-order valence-electron chi connectivity index (χ1n) is 9.49. The van der Waals surface area contributed by atoms with E-state index in [2.05, 4.69) is 25.5 Å². The number of carbonyl (C=O) groups excluding carboxylic acids is 1. The second-order valence-electron chi connectivity index (χ2n) is 6.68. The summed E-state index contributed by atoms with van der Waals surface area (Å²) in [6, 6.07) is 3.57. The molecule has 0 unspecified atom stereocenters. The molecular formula is C20H25ClN6O2. The Labute approximate surface area is 175 Å². The fourth-order valence-electron chi connectivity index (χ4n) is 3.40. The van der Waals surface area contributed by atoms with Crippen LogP contribution in [-0.4, -0.2) is 53.1 Å². The van der Waals surface area contributed by atoms with Gasteiger partial charge in [0.2, 0.25) is 0 Å². The number of fused-ring (bicyclic) bond motifs is 1. The zero-order valence-electron chi connectivity index (χ0n) is 16.5. The Bertz CT molecular complexity index is 1000. The number of ether oxygens (including phenoxy) is 1. The molecule has 29 heavy (non-hydrogen) atoms. The summed E-state index contributed by atoms with van der Waals surface area (Å²) in [7, 11) is 0. The van der Waals surface area contributed by atoms with E-state index in [1.54, 1.807) is 24.7 Å². The minimum absolute atomic E-state index is 0. The molecule has 3 aromatic rings. The molecule has 4 heterocycles. The number of halogens is 1. The highest BCUT2D eigenvalue weighted by Gasteiger charge is 2.20. The highest BCUT2D eigenvalue weighted by molar-refractivity contribution is 6.04. The summed E-state index contributed by atoms with van der Waals surface area (Å²) in [6.07, 6.45) is 7.06. The quantitative estimate of drug-likeness (QED) is 0.665. The van der Waals surface area contributed by atoms with E-state index < -0.39 is 0 Å². The molecule has 8 nitrogen and oxygen atoms in total. The predicted molar refractivity (Wildman–Crippen MR) is 116 cm³/mol. The summed E-state index contributed by atoms with van der Waals surface area (Å²) < 4.78 is 7.74. The molecule has 1 aliphatic heterocycles. The molecule has 2 N–H and O–H groups in total. The molecule has 0 saturated carbocycles. The Morgan fingerprint density at radius 3 is 2.83 bits per heavy atom. The molecule has 0 spiro atoms. The third-order valence-corrected chi connectivity index (χ3v) is 4.87. The van der Waals surface area contributed by atoms with Gasteiger partial charge >= 0.3 is 0 Å². The van der Waals surface area contributed by atoms with E-state index in [9.17, 15) is 4.79 Å². The van der Waals surface area contributed by atoms with Crippen LogP contribution in [0.25, 0.3) is 5.65 Å². The maximum atomic E-state index is 12.7. The van der Waals surface area contributed by atoms with Gasteiger partial charge in [-0.1, -0.05) is 0 Å². The molecular weight excluding hydrogens is 392 g/mol. The first kappa shape index (κ1) is 20.9. The van der Waals surface area contributed by atoms with Crippen molar-refractivity contribution in [3.8, 4) is 5.75 Å². The molecule has 1 aliphatic rings. The van der Waals surface area contributed by atoms with Crippen LogP contribution in [0.15, 0.2) is 36.9 Å². The molecule has 1 fully saturated rings. The van der Waals surface area contributed by atoms with Crippen LogP contribution in [0.3, 0.4) is 0 Å². The van der Waals surface area contributed by atoms with E-state index in [0.717, 1.165) is 48.8 Å². The van der Waals surface area contributed by atoms with E-state index in [1.165, 1.54) is 0 Å². The van der Waals surface area contributed by atoms with Crippen LogP contribution in [0.4, 0.5) is 11.5 Å². The Hall–Kier alpha value is -2.84. The first-order valence-corrected chi connectivity index (χ1v) is 9.49. The van der Waals surface area contributed by atoms with Gasteiger partial charge in [0, 0.05) is 50.3 Å². The van der Waals surface area contributed by atoms with Crippen molar-refractivity contribution in [3.63, 3.8) is 0 Å². The number of aromatic nitrogens is 3. The number of pyridine rings is 2. The molecule has 0 atom stereocenters. The first-order chi connectivity index (χ1) is 13.7. The largest absolute Gasteiger partial charge is 0.491 e. The fourth-order valence-corrected chi connectivity index (χ4v) is 3.40. The molecule has 4 rings (SSSR count). The molecule has 0 aromatic carbocycles. The van der Waals surface area contributed by atoms with Gasteiger partial charge in [-0.25, -0.2) is 9.97 Å². The lowest BCUT2D eigenvalue weighted by Gasteiger charge is -2.31. The van der Waals surface area contributed by atoms with Gasteiger partial charge in [0.25, 0.3) is 5.91 Å². The van der Waals surface area contributed by atoms with Crippen LogP contribution in [0.5, 0.6) is 5.75 Å². The van der Waals surface area contributed by atoms with E-state index in [0.29, 0.717) is 18.0 Å². The van der Waals surface area contributed by atoms with E-state index in [-0.39, 0.29) is 18.3 Å². The number of hydrogen-bond donors (Lipinski definition) is 2. The van der Waals surface area contributed by atoms with E-state index in [1.807, 2.05) is 30.5 Å². The van der Waals surface area contributed by atoms with Crippen molar-refractivity contribution in [2.75, 3.05) is 43.0 Å². The van der Waals surface area contributed by atoms with Crippen molar-refractivity contribution in [2.45, 2.75) is 13.8 Å². The van der Waals surface area contributed by atoms with E-state index in [4.69, 9.17) is 4.74 Å². The average Bonchev–Trinajstić information content (AvgIpc) is 3.19. The van der Waals surface area contributed by atoms with Crippen molar-refractivity contribution in [3.05, 3.63) is 48.0 Å². The zero-order valence-corrected chi connectivity index (χ0v) is 17.3. The second-order valence-corrected chi connectivity index (χ2v) is 6.68. The van der Waals surface area contributed by atoms with Crippen LogP contribution in [0, 0.1) is 6.92 Å². The maximum Gasteiger partial charge on any atom is 0.258 e. The van der Waals surface area contributed by atoms with Crippen LogP contribution >= 0.6 is 12.4 Å². The smallest absolute Gasteiger partial charge is 0.258 e. The molecule has 1 saturated heterocycles. The lowest BCUT2D eigenvalue weighted by molar-refractivity contribution is 0.102. The highest BCUT2D eigenvalue weighted by Crippen LogP contribution is 2.35. The van der Waals surface area contributed by atoms with Crippen molar-refractivity contribution in [1.82, 2.24) is 19.7 Å². The Morgan fingerprint density at radius 2 is 2.07 bits per heavy atom. The van der Waals surface area contributed by atoms with Crippen LogP contribution < -0.4 is 20.3 Å². The monoisotopic (exact) mass is 416 g/mol. The lowest BCUT2D eigenvalue weighted by Crippen LogP contribution is -2.43. The third-order valence-electron chi connectivity index (χ3n) is 4.87. The number of hydrogen-bond acceptors (Lipinski definition) is 6. The van der Waals surface area contributed by atoms with Gasteiger partial charge in [0.15, 0.2) is 5.75 Å². The molecule has 9 heteroatoms. The van der Waals surface area contributed by atoms with Crippen molar-refractivity contribution < 1.29 is 9.53 Å². The van der Waals surface area contributed by atoms with Crippen molar-refractivity contribution in [2.24, 2.45) is 0 Å². The van der Waals surface area contributed by atoms with Crippen molar-refractivity contribution in [1.29, 1.82) is 0 Å². The number of carbonyl (C=O) groups is 1. The predicted octanol–water partition coefficient (Wildman–Crippen LogP) is 2.52. The molecule has 0 radical (unpaired) electrons. The van der Waals surface area contributed by atoms with Crippen LogP contribution in [0.1, 0.15) is 22.8 Å². The number of piperazine rings is 1. The van der Waals surface area contributed by atoms with Crippen LogP contribution in [0.2, 0.25) is 0 Å². The summed E-state index contributed by atoms with van der Waals surface area (Å²) in [6.45, 7) is 8.10. The van der Waals surface area contributed by atoms with Crippen molar-refractivity contribution >= 4 is 35.5 Å². The summed E-state index contributed by atoms with van der Waals surface area (Å²) in [4.78, 5) is 23.7. The zero-order chi connectivity index (χ0) is 19.5. The van der Waals surface area contributed by atoms with Gasteiger partial charge in [-0.2, -0.15) is 0 Å². The Morgan fingerprint density at radius 1 is 1.28 bits per heavy atom. The van der Waals surface area contributed by atoms with Gasteiger partial charge in [0.05, 0.1) is 24.1 Å². The summed E-state index contributed by atoms with van der Waals surface area (Å²) >= 11 is 0. The molecule has 154 valence electrons. The topological polar surface area (TPSA) is 83.8 Å². The minimum Gasteiger partial charge on any atom is -0.491 e. The standard InChI is InChI=1S/C20H24N6O2.ClH/c1-3-28-18-14(2)19(23-12-16(18)25-9-6-21-7-10-25)24-20(27)15-4-5-17-22-8-11-26(17)13-15;/h4-5,8,11-13,21H,3,6-7,9-10H2,1-2H3,(H,23,24,27);1H. The number of amides is 1. The van der Waals surface area contributed by atoms with Gasteiger partial charge in [-0.05, 0) is 26.0 Å². The SMILES string of the molecule is CCOc1c(N2CCNCC2)cnc(NC(=O)c2ccc3nccn3c2)c1C.Cl. The van der Waals surface area contributed by atoms with Gasteiger partial charge in [-0.3, -0.25) is 4.79 Å². The fraction of sp³-hybridized carbons (Fsp3) is 0.350. The lowest BCUT2D eigenvalue weighted by atomic mass is 10.2. The summed E-state index contributed by atoms with van der Waals surface area (Å²) in [5.74, 6) is 1.07. The number of imidazole rings is 1. The van der Waals surface area contributed by atoms with Gasteiger partial charge in [0.1, 0.15) is 11.5 Å². The molecule has 0 aliphatic carbocycles. The van der Waals surface area contributed by atoms with Crippen LogP contribution in [-0.2, 0) is 0 Å². The Kier molecular flexibility index (Phi) is 6.56. The minimum atomic E-state index is -0.219. The summed E-state index contributed by atoms with van der Waals surface area (Å²) in [5, 5.41) is 6.27. The number of nitrogens with zero attached hydrogens (tertiary/aromatic N) is 4. The number of rotatable bonds is 5. The average molecular weight is 417 g/mol. The number of anilines is 2.